The zero-order chi connectivity index (χ0) is 12.3. The standard InChI is InChI=1S/C10H19N3O3S/c14-10(12-8-1-4-11-5-2-8)13-9-3-6-17(15,16)7-9/h8-9,11H,1-7H2,(H2,12,13,14)/t9-/m1/s1. The zero-order valence-electron chi connectivity index (χ0n) is 9.74. The van der Waals surface area contributed by atoms with Gasteiger partial charge in [0.15, 0.2) is 9.84 Å². The van der Waals surface area contributed by atoms with Crippen molar-refractivity contribution >= 4 is 15.9 Å². The molecule has 7 heteroatoms. The molecule has 98 valence electrons. The minimum atomic E-state index is -2.93. The molecule has 2 heterocycles. The molecule has 2 fully saturated rings. The van der Waals surface area contributed by atoms with Crippen molar-refractivity contribution in [1.29, 1.82) is 0 Å². The van der Waals surface area contributed by atoms with Crippen LogP contribution in [-0.2, 0) is 9.84 Å². The molecule has 1 atom stereocenters. The number of hydrogen-bond donors (Lipinski definition) is 3. The molecule has 0 saturated carbocycles. The number of rotatable bonds is 2. The van der Waals surface area contributed by atoms with Crippen molar-refractivity contribution in [2.45, 2.75) is 31.3 Å². The van der Waals surface area contributed by atoms with Crippen molar-refractivity contribution in [3.8, 4) is 0 Å². The maximum Gasteiger partial charge on any atom is 0.315 e. The summed E-state index contributed by atoms with van der Waals surface area (Å²) in [4.78, 5) is 11.6. The van der Waals surface area contributed by atoms with Gasteiger partial charge >= 0.3 is 6.03 Å². The summed E-state index contributed by atoms with van der Waals surface area (Å²) in [7, 11) is -2.93. The largest absolute Gasteiger partial charge is 0.335 e. The van der Waals surface area contributed by atoms with Gasteiger partial charge in [-0.05, 0) is 32.4 Å². The van der Waals surface area contributed by atoms with Gasteiger partial charge in [-0.2, -0.15) is 0 Å². The smallest absolute Gasteiger partial charge is 0.315 e. The number of amides is 2. The molecule has 2 saturated heterocycles. The van der Waals surface area contributed by atoms with Crippen molar-refractivity contribution in [2.75, 3.05) is 24.6 Å². The van der Waals surface area contributed by atoms with Crippen LogP contribution in [0.15, 0.2) is 0 Å². The van der Waals surface area contributed by atoms with E-state index < -0.39 is 9.84 Å². The van der Waals surface area contributed by atoms with Gasteiger partial charge < -0.3 is 16.0 Å². The molecule has 0 radical (unpaired) electrons. The monoisotopic (exact) mass is 261 g/mol. The fourth-order valence-corrected chi connectivity index (χ4v) is 3.96. The molecule has 0 spiro atoms. The number of sulfone groups is 1. The lowest BCUT2D eigenvalue weighted by molar-refractivity contribution is 0.230. The van der Waals surface area contributed by atoms with E-state index in [1.165, 1.54) is 0 Å². The Balaban J connectivity index is 1.74. The minimum absolute atomic E-state index is 0.0760. The van der Waals surface area contributed by atoms with Gasteiger partial charge in [-0.1, -0.05) is 0 Å². The van der Waals surface area contributed by atoms with Crippen molar-refractivity contribution in [2.24, 2.45) is 0 Å². The number of piperidine rings is 1. The van der Waals surface area contributed by atoms with Crippen LogP contribution in [0.1, 0.15) is 19.3 Å². The van der Waals surface area contributed by atoms with Crippen LogP contribution in [0, 0.1) is 0 Å². The molecule has 2 amide bonds. The molecule has 2 rings (SSSR count). The lowest BCUT2D eigenvalue weighted by Gasteiger charge is -2.24. The van der Waals surface area contributed by atoms with E-state index in [0.29, 0.717) is 6.42 Å². The summed E-state index contributed by atoms with van der Waals surface area (Å²) in [6.07, 6.45) is 2.38. The highest BCUT2D eigenvalue weighted by molar-refractivity contribution is 7.91. The fraction of sp³-hybridized carbons (Fsp3) is 0.900. The van der Waals surface area contributed by atoms with Gasteiger partial charge in [0, 0.05) is 12.1 Å². The summed E-state index contributed by atoms with van der Waals surface area (Å²) in [5.41, 5.74) is 0. The quantitative estimate of drug-likeness (QED) is 0.609. The van der Waals surface area contributed by atoms with Gasteiger partial charge in [0.25, 0.3) is 0 Å². The minimum Gasteiger partial charge on any atom is -0.335 e. The molecule has 3 N–H and O–H groups in total. The average molecular weight is 261 g/mol. The van der Waals surface area contributed by atoms with E-state index >= 15 is 0 Å². The highest BCUT2D eigenvalue weighted by Gasteiger charge is 2.29. The third-order valence-electron chi connectivity index (χ3n) is 3.24. The number of hydrogen-bond acceptors (Lipinski definition) is 4. The van der Waals surface area contributed by atoms with Gasteiger partial charge in [0.1, 0.15) is 0 Å². The van der Waals surface area contributed by atoms with Crippen molar-refractivity contribution in [1.82, 2.24) is 16.0 Å². The van der Waals surface area contributed by atoms with Gasteiger partial charge in [-0.3, -0.25) is 0 Å². The summed E-state index contributed by atoms with van der Waals surface area (Å²) in [6, 6.07) is -0.255. The Morgan fingerprint density at radius 1 is 1.06 bits per heavy atom. The van der Waals surface area contributed by atoms with Crippen LogP contribution >= 0.6 is 0 Å². The number of carbonyl (C=O) groups is 1. The highest BCUT2D eigenvalue weighted by Crippen LogP contribution is 2.11. The van der Waals surface area contributed by atoms with Crippen molar-refractivity contribution < 1.29 is 13.2 Å². The average Bonchev–Trinajstić information content (AvgIpc) is 2.59. The SMILES string of the molecule is O=C(NC1CCNCC1)N[C@@H]1CCS(=O)(=O)C1. The molecule has 2 aliphatic heterocycles. The molecule has 0 bridgehead atoms. The maximum absolute atomic E-state index is 11.6. The Hall–Kier alpha value is -0.820. The lowest BCUT2D eigenvalue weighted by Crippen LogP contribution is -2.49. The van der Waals surface area contributed by atoms with Crippen LogP contribution in [0.5, 0.6) is 0 Å². The van der Waals surface area contributed by atoms with Gasteiger partial charge in [-0.15, -0.1) is 0 Å². The molecule has 0 aliphatic carbocycles. The van der Waals surface area contributed by atoms with Crippen LogP contribution in [-0.4, -0.2) is 51.1 Å². The molecule has 6 nitrogen and oxygen atoms in total. The van der Waals surface area contributed by atoms with E-state index in [2.05, 4.69) is 16.0 Å². The normalized spacial score (nSPS) is 28.8. The third kappa shape index (κ3) is 3.85. The summed E-state index contributed by atoms with van der Waals surface area (Å²) in [5.74, 6) is 0.262. The Bertz CT molecular complexity index is 376. The van der Waals surface area contributed by atoms with Crippen molar-refractivity contribution in [3.05, 3.63) is 0 Å². The first-order chi connectivity index (χ1) is 8.05. The topological polar surface area (TPSA) is 87.3 Å². The van der Waals surface area contributed by atoms with Crippen LogP contribution < -0.4 is 16.0 Å². The van der Waals surface area contributed by atoms with Crippen LogP contribution in [0.2, 0.25) is 0 Å². The molecule has 0 aromatic rings. The van der Waals surface area contributed by atoms with Gasteiger partial charge in [-0.25, -0.2) is 13.2 Å². The van der Waals surface area contributed by atoms with E-state index in [9.17, 15) is 13.2 Å². The first-order valence-corrected chi connectivity index (χ1v) is 7.85. The fourth-order valence-electron chi connectivity index (χ4n) is 2.29. The first-order valence-electron chi connectivity index (χ1n) is 6.03. The zero-order valence-corrected chi connectivity index (χ0v) is 10.6. The number of urea groups is 1. The summed E-state index contributed by atoms with van der Waals surface area (Å²) in [5, 5.41) is 8.84. The first kappa shape index (κ1) is 12.6. The van der Waals surface area contributed by atoms with Gasteiger partial charge in [0.2, 0.25) is 0 Å². The number of nitrogens with one attached hydrogen (secondary N) is 3. The second-order valence-corrected chi connectivity index (χ2v) is 6.97. The van der Waals surface area contributed by atoms with Crippen molar-refractivity contribution in [3.63, 3.8) is 0 Å². The second kappa shape index (κ2) is 5.22. The Morgan fingerprint density at radius 2 is 1.71 bits per heavy atom. The summed E-state index contributed by atoms with van der Waals surface area (Å²) < 4.78 is 22.5. The van der Waals surface area contributed by atoms with Gasteiger partial charge in [0.05, 0.1) is 11.5 Å². The lowest BCUT2D eigenvalue weighted by atomic mass is 10.1. The molecular weight excluding hydrogens is 242 g/mol. The predicted octanol–water partition coefficient (Wildman–Crippen LogP) is -0.775. The molecule has 0 aromatic heterocycles. The predicted molar refractivity (Wildman–Crippen MR) is 64.6 cm³/mol. The highest BCUT2D eigenvalue weighted by atomic mass is 32.2. The second-order valence-electron chi connectivity index (χ2n) is 4.74. The van der Waals surface area contributed by atoms with Crippen LogP contribution in [0.3, 0.4) is 0 Å². The van der Waals surface area contributed by atoms with E-state index in [0.717, 1.165) is 25.9 Å². The molecule has 2 aliphatic rings. The Kier molecular flexibility index (Phi) is 3.88. The van der Waals surface area contributed by atoms with E-state index in [4.69, 9.17) is 0 Å². The molecule has 17 heavy (non-hydrogen) atoms. The maximum atomic E-state index is 11.6. The molecule has 0 aromatic carbocycles. The van der Waals surface area contributed by atoms with Crippen LogP contribution in [0.25, 0.3) is 0 Å². The molecular formula is C10H19N3O3S. The Morgan fingerprint density at radius 3 is 2.29 bits per heavy atom. The van der Waals surface area contributed by atoms with E-state index in [-0.39, 0.29) is 29.6 Å². The Labute approximate surface area is 101 Å². The third-order valence-corrected chi connectivity index (χ3v) is 5.01. The number of carbonyl (C=O) groups excluding carboxylic acids is 1. The summed E-state index contributed by atoms with van der Waals surface area (Å²) in [6.45, 7) is 1.84. The molecule has 0 unspecified atom stereocenters. The van der Waals surface area contributed by atoms with Crippen LogP contribution in [0.4, 0.5) is 4.79 Å². The van der Waals surface area contributed by atoms with E-state index in [1.54, 1.807) is 0 Å². The van der Waals surface area contributed by atoms with E-state index in [1.807, 2.05) is 0 Å². The summed E-state index contributed by atoms with van der Waals surface area (Å²) >= 11 is 0.